The topological polar surface area (TPSA) is 107 Å². The molecule has 3 heterocycles. The van der Waals surface area contributed by atoms with Crippen LogP contribution in [0.5, 0.6) is 0 Å². The number of H-pyrrole nitrogens is 1. The van der Waals surface area contributed by atoms with Crippen LogP contribution in [0.2, 0.25) is 0 Å². The van der Waals surface area contributed by atoms with Crippen LogP contribution in [0.4, 0.5) is 17.5 Å². The van der Waals surface area contributed by atoms with Gasteiger partial charge in [-0.1, -0.05) is 19.1 Å². The van der Waals surface area contributed by atoms with Crippen molar-refractivity contribution in [2.45, 2.75) is 46.0 Å². The van der Waals surface area contributed by atoms with Crippen LogP contribution in [0.3, 0.4) is 0 Å². The number of nitrogens with zero attached hydrogens (tertiary/aromatic N) is 2. The Balaban J connectivity index is 1.66. The molecule has 3 N–H and O–H groups in total. The zero-order chi connectivity index (χ0) is 21.4. The summed E-state index contributed by atoms with van der Waals surface area (Å²) in [6.07, 6.45) is 2.08. The summed E-state index contributed by atoms with van der Waals surface area (Å²) in [5.74, 6) is -0.457. The maximum atomic E-state index is 13.0. The fraction of sp³-hybridized carbons (Fsp3) is 0.455. The smallest absolute Gasteiger partial charge is 0.258 e. The number of aromatic nitrogens is 2. The number of hydrogen-bond acceptors (Lipinski definition) is 5. The van der Waals surface area contributed by atoms with Crippen LogP contribution in [-0.2, 0) is 9.59 Å². The third kappa shape index (κ3) is 3.94. The van der Waals surface area contributed by atoms with Crippen molar-refractivity contribution in [3.05, 3.63) is 45.2 Å². The first kappa shape index (κ1) is 20.1. The zero-order valence-electron chi connectivity index (χ0n) is 17.5. The average Bonchev–Trinajstić information content (AvgIpc) is 2.69. The SMILES string of the molecule is Cc1ccc(C)c(NC(=O)[C@@H]2CC(=O)Nc3nc(N4CCC[C@H](C)C4)[nH]c(=O)c32)c1. The first-order valence-electron chi connectivity index (χ1n) is 10.4. The lowest BCUT2D eigenvalue weighted by molar-refractivity contribution is -0.123. The number of aryl methyl sites for hydroxylation is 2. The quantitative estimate of drug-likeness (QED) is 0.723. The highest BCUT2D eigenvalue weighted by atomic mass is 16.2. The van der Waals surface area contributed by atoms with E-state index >= 15 is 0 Å². The fourth-order valence-corrected chi connectivity index (χ4v) is 4.21. The molecule has 8 heteroatoms. The zero-order valence-corrected chi connectivity index (χ0v) is 17.5. The van der Waals surface area contributed by atoms with Crippen molar-refractivity contribution in [2.75, 3.05) is 28.6 Å². The third-order valence-electron chi connectivity index (χ3n) is 5.86. The Labute approximate surface area is 175 Å². The summed E-state index contributed by atoms with van der Waals surface area (Å²) < 4.78 is 0. The van der Waals surface area contributed by atoms with Gasteiger partial charge >= 0.3 is 0 Å². The summed E-state index contributed by atoms with van der Waals surface area (Å²) >= 11 is 0. The number of fused-ring (bicyclic) bond motifs is 1. The summed E-state index contributed by atoms with van der Waals surface area (Å²) in [6, 6.07) is 5.76. The Kier molecular flexibility index (Phi) is 5.32. The largest absolute Gasteiger partial charge is 0.342 e. The summed E-state index contributed by atoms with van der Waals surface area (Å²) in [6.45, 7) is 7.60. The van der Waals surface area contributed by atoms with Gasteiger partial charge in [0.2, 0.25) is 17.8 Å². The van der Waals surface area contributed by atoms with E-state index in [-0.39, 0.29) is 35.2 Å². The highest BCUT2D eigenvalue weighted by molar-refractivity contribution is 6.04. The van der Waals surface area contributed by atoms with Gasteiger partial charge in [0.05, 0.1) is 11.5 Å². The van der Waals surface area contributed by atoms with Crippen LogP contribution in [-0.4, -0.2) is 34.9 Å². The summed E-state index contributed by atoms with van der Waals surface area (Å²) in [4.78, 5) is 47.7. The molecule has 1 saturated heterocycles. The molecule has 158 valence electrons. The van der Waals surface area contributed by atoms with E-state index < -0.39 is 5.92 Å². The molecule has 4 rings (SSSR count). The number of benzene rings is 1. The minimum Gasteiger partial charge on any atom is -0.342 e. The van der Waals surface area contributed by atoms with E-state index in [0.29, 0.717) is 17.6 Å². The maximum Gasteiger partial charge on any atom is 0.258 e. The Hall–Kier alpha value is -3.16. The van der Waals surface area contributed by atoms with Crippen LogP contribution in [0.25, 0.3) is 0 Å². The lowest BCUT2D eigenvalue weighted by Gasteiger charge is -2.32. The molecule has 2 amide bonds. The number of amides is 2. The van der Waals surface area contributed by atoms with Crippen LogP contribution in [0, 0.1) is 19.8 Å². The molecule has 0 unspecified atom stereocenters. The molecule has 0 radical (unpaired) electrons. The monoisotopic (exact) mass is 409 g/mol. The lowest BCUT2D eigenvalue weighted by atomic mass is 9.92. The minimum atomic E-state index is -0.890. The number of hydrogen-bond donors (Lipinski definition) is 3. The molecule has 8 nitrogen and oxygen atoms in total. The van der Waals surface area contributed by atoms with Gasteiger partial charge in [-0.05, 0) is 49.8 Å². The predicted octanol–water partition coefficient (Wildman–Crippen LogP) is 2.69. The Morgan fingerprint density at radius 3 is 2.83 bits per heavy atom. The molecule has 0 saturated carbocycles. The number of nitrogens with one attached hydrogen (secondary N) is 3. The van der Waals surface area contributed by atoms with Crippen molar-refractivity contribution in [3.63, 3.8) is 0 Å². The number of rotatable bonds is 3. The van der Waals surface area contributed by atoms with E-state index in [1.165, 1.54) is 0 Å². The van der Waals surface area contributed by atoms with Crippen molar-refractivity contribution in [2.24, 2.45) is 5.92 Å². The second kappa shape index (κ2) is 7.93. The summed E-state index contributed by atoms with van der Waals surface area (Å²) in [7, 11) is 0. The molecular formula is C22H27N5O3. The van der Waals surface area contributed by atoms with Crippen LogP contribution < -0.4 is 21.1 Å². The Morgan fingerprint density at radius 1 is 1.27 bits per heavy atom. The van der Waals surface area contributed by atoms with E-state index in [9.17, 15) is 14.4 Å². The van der Waals surface area contributed by atoms with Gasteiger partial charge < -0.3 is 15.5 Å². The van der Waals surface area contributed by atoms with E-state index in [2.05, 4.69) is 27.5 Å². The molecule has 0 bridgehead atoms. The van der Waals surface area contributed by atoms with Crippen LogP contribution in [0.1, 0.15) is 48.8 Å². The van der Waals surface area contributed by atoms with E-state index in [0.717, 1.165) is 37.1 Å². The van der Waals surface area contributed by atoms with E-state index in [1.807, 2.05) is 36.9 Å². The van der Waals surface area contributed by atoms with Crippen LogP contribution in [0.15, 0.2) is 23.0 Å². The molecule has 1 aromatic heterocycles. The van der Waals surface area contributed by atoms with Gasteiger partial charge in [0.1, 0.15) is 5.82 Å². The standard InChI is InChI=1S/C22H27N5O3/c1-12-6-7-14(3)16(9-12)23-20(29)15-10-17(28)24-19-18(15)21(30)26-22(25-19)27-8-4-5-13(2)11-27/h6-7,9,13,15H,4-5,8,10-11H2,1-3H3,(H,23,29)(H2,24,25,26,28,30)/t13-,15+/m0/s1. The van der Waals surface area contributed by atoms with Crippen LogP contribution >= 0.6 is 0 Å². The second-order valence-electron chi connectivity index (χ2n) is 8.46. The Bertz CT molecular complexity index is 1060. The molecule has 30 heavy (non-hydrogen) atoms. The number of anilines is 3. The molecule has 0 aliphatic carbocycles. The van der Waals surface area contributed by atoms with Crippen molar-refractivity contribution in [1.29, 1.82) is 0 Å². The molecule has 1 aromatic carbocycles. The van der Waals surface area contributed by atoms with E-state index in [1.54, 1.807) is 0 Å². The third-order valence-corrected chi connectivity index (χ3v) is 5.86. The highest BCUT2D eigenvalue weighted by Gasteiger charge is 2.35. The van der Waals surface area contributed by atoms with Gasteiger partial charge in [-0.3, -0.25) is 19.4 Å². The normalized spacial score (nSPS) is 21.0. The molecule has 1 fully saturated rings. The number of piperidine rings is 1. The number of carbonyl (C=O) groups is 2. The van der Waals surface area contributed by atoms with Crippen molar-refractivity contribution in [3.8, 4) is 0 Å². The highest BCUT2D eigenvalue weighted by Crippen LogP contribution is 2.31. The van der Waals surface area contributed by atoms with Gasteiger partial charge in [0.25, 0.3) is 5.56 Å². The maximum absolute atomic E-state index is 13.0. The fourth-order valence-electron chi connectivity index (χ4n) is 4.21. The second-order valence-corrected chi connectivity index (χ2v) is 8.46. The average molecular weight is 409 g/mol. The number of carbonyl (C=O) groups excluding carboxylic acids is 2. The Morgan fingerprint density at radius 2 is 2.07 bits per heavy atom. The molecule has 2 aliphatic rings. The summed E-state index contributed by atoms with van der Waals surface area (Å²) in [5.41, 5.74) is 2.44. The molecule has 0 spiro atoms. The van der Waals surface area contributed by atoms with Gasteiger partial charge in [-0.15, -0.1) is 0 Å². The van der Waals surface area contributed by atoms with Gasteiger partial charge in [0.15, 0.2) is 0 Å². The predicted molar refractivity (Wildman–Crippen MR) is 116 cm³/mol. The molecule has 2 atom stereocenters. The summed E-state index contributed by atoms with van der Waals surface area (Å²) in [5, 5.41) is 5.57. The molecule has 2 aliphatic heterocycles. The minimum absolute atomic E-state index is 0.0887. The first-order valence-corrected chi connectivity index (χ1v) is 10.4. The van der Waals surface area contributed by atoms with E-state index in [4.69, 9.17) is 0 Å². The lowest BCUT2D eigenvalue weighted by Crippen LogP contribution is -2.40. The van der Waals surface area contributed by atoms with Crippen molar-refractivity contribution < 1.29 is 9.59 Å². The van der Waals surface area contributed by atoms with Gasteiger partial charge in [0, 0.05) is 25.2 Å². The van der Waals surface area contributed by atoms with Gasteiger partial charge in [-0.25, -0.2) is 0 Å². The number of aromatic amines is 1. The van der Waals surface area contributed by atoms with Crippen molar-refractivity contribution >= 4 is 29.3 Å². The molecular weight excluding hydrogens is 382 g/mol. The van der Waals surface area contributed by atoms with Crippen molar-refractivity contribution in [1.82, 2.24) is 9.97 Å². The first-order chi connectivity index (χ1) is 14.3. The molecule has 2 aromatic rings. The van der Waals surface area contributed by atoms with Gasteiger partial charge in [-0.2, -0.15) is 4.98 Å².